The van der Waals surface area contributed by atoms with Crippen molar-refractivity contribution >= 4 is 5.91 Å². The summed E-state index contributed by atoms with van der Waals surface area (Å²) in [6.07, 6.45) is 0.892. The summed E-state index contributed by atoms with van der Waals surface area (Å²) in [7, 11) is 0. The first-order chi connectivity index (χ1) is 7.39. The molecule has 0 aromatic heterocycles. The van der Waals surface area contributed by atoms with Crippen molar-refractivity contribution in [3.8, 4) is 0 Å². The number of amides is 1. The average molecular weight is 219 g/mol. The fourth-order valence-corrected chi connectivity index (χ4v) is 1.45. The van der Waals surface area contributed by atoms with E-state index in [1.807, 2.05) is 20.8 Å². The van der Waals surface area contributed by atoms with Gasteiger partial charge >= 0.3 is 0 Å². The van der Waals surface area contributed by atoms with Crippen molar-refractivity contribution in [2.24, 2.45) is 5.41 Å². The lowest BCUT2D eigenvalue weighted by molar-refractivity contribution is -0.128. The van der Waals surface area contributed by atoms with Gasteiger partial charge in [-0.15, -0.1) is 0 Å². The fraction of sp³-hybridized carbons (Fsp3) is 0.500. The van der Waals surface area contributed by atoms with Crippen molar-refractivity contribution < 1.29 is 4.79 Å². The molecule has 1 amide bonds. The molecular weight excluding hydrogens is 198 g/mol. The molecule has 0 aliphatic heterocycles. The van der Waals surface area contributed by atoms with Gasteiger partial charge in [-0.25, -0.2) is 0 Å². The summed E-state index contributed by atoms with van der Waals surface area (Å²) in [5, 5.41) is 2.95. The Morgan fingerprint density at radius 1 is 1.31 bits per heavy atom. The highest BCUT2D eigenvalue weighted by atomic mass is 16.2. The van der Waals surface area contributed by atoms with E-state index in [1.54, 1.807) is 0 Å². The van der Waals surface area contributed by atoms with Gasteiger partial charge in [-0.2, -0.15) is 0 Å². The predicted molar refractivity (Wildman–Crippen MR) is 67.3 cm³/mol. The van der Waals surface area contributed by atoms with Crippen LogP contribution in [0.1, 0.15) is 31.9 Å². The molecule has 0 saturated heterocycles. The van der Waals surface area contributed by atoms with Crippen LogP contribution in [0.2, 0.25) is 0 Å². The Morgan fingerprint density at radius 3 is 2.56 bits per heavy atom. The summed E-state index contributed by atoms with van der Waals surface area (Å²) in [5.41, 5.74) is 2.24. The lowest BCUT2D eigenvalue weighted by Crippen LogP contribution is -2.35. The first-order valence-electron chi connectivity index (χ1n) is 5.73. The zero-order chi connectivity index (χ0) is 12.2. The molecular formula is C14H21NO. The van der Waals surface area contributed by atoms with Gasteiger partial charge in [-0.1, -0.05) is 50.6 Å². The Kier molecular flexibility index (Phi) is 4.11. The molecule has 2 nitrogen and oxygen atoms in total. The highest BCUT2D eigenvalue weighted by Crippen LogP contribution is 2.12. The maximum atomic E-state index is 11.6. The molecule has 0 heterocycles. The second-order valence-electron chi connectivity index (χ2n) is 5.24. The minimum atomic E-state index is -0.299. The summed E-state index contributed by atoms with van der Waals surface area (Å²) in [4.78, 5) is 11.6. The van der Waals surface area contributed by atoms with Crippen molar-refractivity contribution in [2.45, 2.75) is 34.1 Å². The Labute approximate surface area is 98.1 Å². The number of rotatable bonds is 3. The Hall–Kier alpha value is -1.31. The summed E-state index contributed by atoms with van der Waals surface area (Å²) >= 11 is 0. The monoisotopic (exact) mass is 219 g/mol. The second-order valence-corrected chi connectivity index (χ2v) is 5.24. The van der Waals surface area contributed by atoms with Crippen LogP contribution >= 0.6 is 0 Å². The Balaban J connectivity index is 2.39. The second kappa shape index (κ2) is 5.15. The highest BCUT2D eigenvalue weighted by molar-refractivity contribution is 5.81. The van der Waals surface area contributed by atoms with Crippen molar-refractivity contribution in [3.63, 3.8) is 0 Å². The maximum Gasteiger partial charge on any atom is 0.225 e. The number of carbonyl (C=O) groups excluding carboxylic acids is 1. The van der Waals surface area contributed by atoms with E-state index in [4.69, 9.17) is 0 Å². The molecule has 16 heavy (non-hydrogen) atoms. The smallest absolute Gasteiger partial charge is 0.225 e. The topological polar surface area (TPSA) is 29.1 Å². The minimum Gasteiger partial charge on any atom is -0.355 e. The van der Waals surface area contributed by atoms with E-state index < -0.39 is 0 Å². The molecule has 88 valence electrons. The number of aryl methyl sites for hydroxylation is 1. The minimum absolute atomic E-state index is 0.111. The SMILES string of the molecule is Cc1cccc(CCNC(=O)C(C)(C)C)c1. The number of hydrogen-bond donors (Lipinski definition) is 1. The van der Waals surface area contributed by atoms with E-state index >= 15 is 0 Å². The van der Waals surface area contributed by atoms with Crippen LogP contribution in [0, 0.1) is 12.3 Å². The molecule has 0 bridgehead atoms. The van der Waals surface area contributed by atoms with Crippen LogP contribution in [-0.2, 0) is 11.2 Å². The van der Waals surface area contributed by atoms with Gasteiger partial charge in [0, 0.05) is 12.0 Å². The third kappa shape index (κ3) is 4.05. The van der Waals surface area contributed by atoms with E-state index in [9.17, 15) is 4.79 Å². The van der Waals surface area contributed by atoms with E-state index in [2.05, 4.69) is 36.5 Å². The maximum absolute atomic E-state index is 11.6. The number of nitrogens with one attached hydrogen (secondary N) is 1. The first-order valence-corrected chi connectivity index (χ1v) is 5.73. The molecule has 1 aromatic carbocycles. The molecule has 0 fully saturated rings. The van der Waals surface area contributed by atoms with Crippen LogP contribution in [0.25, 0.3) is 0 Å². The zero-order valence-electron chi connectivity index (χ0n) is 10.6. The molecule has 2 heteroatoms. The largest absolute Gasteiger partial charge is 0.355 e. The van der Waals surface area contributed by atoms with Crippen molar-refractivity contribution in [1.82, 2.24) is 5.32 Å². The third-order valence-corrected chi connectivity index (χ3v) is 2.46. The average Bonchev–Trinajstić information content (AvgIpc) is 2.16. The van der Waals surface area contributed by atoms with Crippen LogP contribution in [0.15, 0.2) is 24.3 Å². The molecule has 1 aromatic rings. The Morgan fingerprint density at radius 2 is 2.00 bits per heavy atom. The predicted octanol–water partition coefficient (Wildman–Crippen LogP) is 2.70. The van der Waals surface area contributed by atoms with Gasteiger partial charge in [0.25, 0.3) is 0 Å². The van der Waals surface area contributed by atoms with Gasteiger partial charge in [-0.05, 0) is 18.9 Å². The molecule has 1 N–H and O–H groups in total. The lowest BCUT2D eigenvalue weighted by Gasteiger charge is -2.17. The molecule has 0 unspecified atom stereocenters. The van der Waals surface area contributed by atoms with Crippen LogP contribution in [0.3, 0.4) is 0 Å². The van der Waals surface area contributed by atoms with Crippen LogP contribution in [0.5, 0.6) is 0 Å². The van der Waals surface area contributed by atoms with Gasteiger partial charge in [0.05, 0.1) is 0 Å². The van der Waals surface area contributed by atoms with Crippen LogP contribution < -0.4 is 5.32 Å². The highest BCUT2D eigenvalue weighted by Gasteiger charge is 2.20. The molecule has 0 radical (unpaired) electrons. The summed E-state index contributed by atoms with van der Waals surface area (Å²) < 4.78 is 0. The van der Waals surface area contributed by atoms with Crippen molar-refractivity contribution in [1.29, 1.82) is 0 Å². The Bertz CT molecular complexity index is 363. The van der Waals surface area contributed by atoms with E-state index in [0.717, 1.165) is 6.42 Å². The molecule has 0 saturated carbocycles. The molecule has 0 aliphatic rings. The van der Waals surface area contributed by atoms with Crippen molar-refractivity contribution in [3.05, 3.63) is 35.4 Å². The third-order valence-electron chi connectivity index (χ3n) is 2.46. The molecule has 0 spiro atoms. The first kappa shape index (κ1) is 12.8. The van der Waals surface area contributed by atoms with Crippen LogP contribution in [-0.4, -0.2) is 12.5 Å². The van der Waals surface area contributed by atoms with Gasteiger partial charge in [0.2, 0.25) is 5.91 Å². The summed E-state index contributed by atoms with van der Waals surface area (Å²) in [6.45, 7) is 8.57. The van der Waals surface area contributed by atoms with Gasteiger partial charge in [0.1, 0.15) is 0 Å². The van der Waals surface area contributed by atoms with E-state index in [-0.39, 0.29) is 11.3 Å². The normalized spacial score (nSPS) is 11.2. The zero-order valence-corrected chi connectivity index (χ0v) is 10.6. The van der Waals surface area contributed by atoms with Crippen LogP contribution in [0.4, 0.5) is 0 Å². The number of carbonyl (C=O) groups is 1. The van der Waals surface area contributed by atoms with Gasteiger partial charge in [-0.3, -0.25) is 4.79 Å². The van der Waals surface area contributed by atoms with Crippen molar-refractivity contribution in [2.75, 3.05) is 6.54 Å². The summed E-state index contributed by atoms with van der Waals surface area (Å²) in [6, 6.07) is 8.38. The summed E-state index contributed by atoms with van der Waals surface area (Å²) in [5.74, 6) is 0.111. The molecule has 0 aliphatic carbocycles. The lowest BCUT2D eigenvalue weighted by atomic mass is 9.95. The molecule has 1 rings (SSSR count). The molecule has 0 atom stereocenters. The number of hydrogen-bond acceptors (Lipinski definition) is 1. The van der Waals surface area contributed by atoms with E-state index in [0.29, 0.717) is 6.54 Å². The van der Waals surface area contributed by atoms with E-state index in [1.165, 1.54) is 11.1 Å². The fourth-order valence-electron chi connectivity index (χ4n) is 1.45. The number of benzene rings is 1. The standard InChI is InChI=1S/C14H21NO/c1-11-6-5-7-12(10-11)8-9-15-13(16)14(2,3)4/h5-7,10H,8-9H2,1-4H3,(H,15,16). The van der Waals surface area contributed by atoms with Gasteiger partial charge < -0.3 is 5.32 Å². The quantitative estimate of drug-likeness (QED) is 0.832. The van der Waals surface area contributed by atoms with Gasteiger partial charge in [0.15, 0.2) is 0 Å².